The van der Waals surface area contributed by atoms with Gasteiger partial charge in [-0.2, -0.15) is 30.2 Å². The summed E-state index contributed by atoms with van der Waals surface area (Å²) in [4.78, 5) is 5.74. The molecule has 25 heavy (non-hydrogen) atoms. The molecule has 0 saturated carbocycles. The van der Waals surface area contributed by atoms with Crippen molar-refractivity contribution in [3.8, 4) is 0 Å². The van der Waals surface area contributed by atoms with Crippen molar-refractivity contribution in [1.82, 2.24) is 13.6 Å². The van der Waals surface area contributed by atoms with E-state index < -0.39 is 21.9 Å². The zero-order valence-corrected chi connectivity index (χ0v) is 14.6. The number of halogens is 3. The van der Waals surface area contributed by atoms with Gasteiger partial charge in [-0.3, -0.25) is 0 Å². The van der Waals surface area contributed by atoms with E-state index in [0.29, 0.717) is 51.5 Å². The molecule has 1 aromatic rings. The molecule has 0 amide bonds. The molecule has 0 spiro atoms. The summed E-state index contributed by atoms with van der Waals surface area (Å²) in [6.07, 6.45) is -1.22. The normalized spacial score (nSPS) is 21.5. The first-order valence-electron chi connectivity index (χ1n) is 8.32. The van der Waals surface area contributed by atoms with Crippen LogP contribution in [-0.2, 0) is 16.4 Å². The van der Waals surface area contributed by atoms with Crippen LogP contribution in [0.2, 0.25) is 0 Å². The lowest BCUT2D eigenvalue weighted by Crippen LogP contribution is -2.44. The first-order valence-corrected chi connectivity index (χ1v) is 9.71. The molecule has 2 aliphatic heterocycles. The van der Waals surface area contributed by atoms with Crippen molar-refractivity contribution in [2.45, 2.75) is 25.4 Å². The van der Waals surface area contributed by atoms with Crippen molar-refractivity contribution >= 4 is 16.0 Å². The van der Waals surface area contributed by atoms with Crippen LogP contribution < -0.4 is 4.90 Å². The lowest BCUT2D eigenvalue weighted by molar-refractivity contribution is -0.137. The van der Waals surface area contributed by atoms with Gasteiger partial charge in [-0.05, 0) is 31.4 Å². The quantitative estimate of drug-likeness (QED) is 0.807. The topological polar surface area (TPSA) is 56.8 Å². The van der Waals surface area contributed by atoms with Crippen molar-refractivity contribution in [3.63, 3.8) is 0 Å². The number of alkyl halides is 3. The van der Waals surface area contributed by atoms with E-state index in [1.165, 1.54) is 14.7 Å². The molecule has 0 unspecified atom stereocenters. The Morgan fingerprint density at radius 2 is 1.52 bits per heavy atom. The number of nitrogens with zero attached hydrogens (tertiary/aromatic N) is 4. The Balaban J connectivity index is 1.67. The van der Waals surface area contributed by atoms with Gasteiger partial charge in [-0.1, -0.05) is 0 Å². The molecule has 0 atom stereocenters. The molecular weight excluding hydrogens is 357 g/mol. The average Bonchev–Trinajstić information content (AvgIpc) is 2.99. The van der Waals surface area contributed by atoms with E-state index in [0.717, 1.165) is 25.1 Å². The molecule has 0 N–H and O–H groups in total. The molecule has 1 aromatic heterocycles. The number of rotatable bonds is 3. The first kappa shape index (κ1) is 18.4. The Morgan fingerprint density at radius 3 is 2.12 bits per heavy atom. The maximum Gasteiger partial charge on any atom is 0.417 e. The minimum atomic E-state index is -4.41. The number of anilines is 1. The second kappa shape index (κ2) is 7.08. The summed E-state index contributed by atoms with van der Waals surface area (Å²) >= 11 is 0. The summed E-state index contributed by atoms with van der Waals surface area (Å²) in [5.41, 5.74) is -0.788. The summed E-state index contributed by atoms with van der Waals surface area (Å²) in [6.45, 7) is 2.80. The maximum absolute atomic E-state index is 12.6. The molecule has 2 aliphatic rings. The lowest BCUT2D eigenvalue weighted by atomic mass is 10.2. The van der Waals surface area contributed by atoms with E-state index >= 15 is 0 Å². The van der Waals surface area contributed by atoms with Crippen molar-refractivity contribution in [2.75, 3.05) is 44.2 Å². The molecular formula is C15H21F3N4O2S. The highest BCUT2D eigenvalue weighted by molar-refractivity contribution is 7.86. The van der Waals surface area contributed by atoms with Gasteiger partial charge in [0.05, 0.1) is 5.56 Å². The summed E-state index contributed by atoms with van der Waals surface area (Å²) in [5, 5.41) is 0. The molecule has 2 saturated heterocycles. The highest BCUT2D eigenvalue weighted by Gasteiger charge is 2.33. The van der Waals surface area contributed by atoms with E-state index in [1.54, 1.807) is 0 Å². The van der Waals surface area contributed by atoms with E-state index in [2.05, 4.69) is 4.98 Å². The Morgan fingerprint density at radius 1 is 0.880 bits per heavy atom. The molecule has 0 bridgehead atoms. The van der Waals surface area contributed by atoms with Gasteiger partial charge in [-0.25, -0.2) is 4.98 Å². The summed E-state index contributed by atoms with van der Waals surface area (Å²) in [7, 11) is -3.45. The highest BCUT2D eigenvalue weighted by atomic mass is 32.2. The predicted octanol–water partition coefficient (Wildman–Crippen LogP) is 1.95. The zero-order chi connectivity index (χ0) is 18.1. The third-order valence-electron chi connectivity index (χ3n) is 4.57. The molecule has 0 aliphatic carbocycles. The third kappa shape index (κ3) is 4.06. The molecule has 0 radical (unpaired) electrons. The average molecular weight is 378 g/mol. The molecule has 140 valence electrons. The Hall–Kier alpha value is -1.39. The van der Waals surface area contributed by atoms with E-state index in [1.807, 2.05) is 4.90 Å². The van der Waals surface area contributed by atoms with Gasteiger partial charge in [0.1, 0.15) is 5.82 Å². The van der Waals surface area contributed by atoms with Crippen molar-refractivity contribution < 1.29 is 21.6 Å². The molecule has 10 heteroatoms. The van der Waals surface area contributed by atoms with Gasteiger partial charge in [0.2, 0.25) is 0 Å². The zero-order valence-electron chi connectivity index (χ0n) is 13.7. The minimum absolute atomic E-state index is 0.307. The van der Waals surface area contributed by atoms with Crippen LogP contribution >= 0.6 is 0 Å². The van der Waals surface area contributed by atoms with Crippen LogP contribution in [0.5, 0.6) is 0 Å². The van der Waals surface area contributed by atoms with Crippen LogP contribution in [0.3, 0.4) is 0 Å². The predicted molar refractivity (Wildman–Crippen MR) is 87.4 cm³/mol. The van der Waals surface area contributed by atoms with Gasteiger partial charge in [0.25, 0.3) is 10.2 Å². The van der Waals surface area contributed by atoms with Crippen LogP contribution in [0.1, 0.15) is 24.8 Å². The molecule has 3 heterocycles. The van der Waals surface area contributed by atoms with E-state index in [4.69, 9.17) is 0 Å². The molecule has 0 aromatic carbocycles. The van der Waals surface area contributed by atoms with E-state index in [-0.39, 0.29) is 0 Å². The van der Waals surface area contributed by atoms with Crippen LogP contribution in [-0.4, -0.2) is 61.3 Å². The maximum atomic E-state index is 12.6. The smallest absolute Gasteiger partial charge is 0.355 e. The molecule has 2 fully saturated rings. The van der Waals surface area contributed by atoms with Crippen LogP contribution in [0.4, 0.5) is 19.0 Å². The fourth-order valence-electron chi connectivity index (χ4n) is 3.18. The minimum Gasteiger partial charge on any atom is -0.355 e. The van der Waals surface area contributed by atoms with Gasteiger partial charge in [0, 0.05) is 45.5 Å². The van der Waals surface area contributed by atoms with Crippen molar-refractivity contribution in [3.05, 3.63) is 23.9 Å². The Kier molecular flexibility index (Phi) is 5.21. The van der Waals surface area contributed by atoms with Gasteiger partial charge >= 0.3 is 6.18 Å². The largest absolute Gasteiger partial charge is 0.417 e. The lowest BCUT2D eigenvalue weighted by Gasteiger charge is -2.26. The fraction of sp³-hybridized carbons (Fsp3) is 0.667. The summed E-state index contributed by atoms with van der Waals surface area (Å²) in [5.74, 6) is 0.438. The Labute approximate surface area is 145 Å². The van der Waals surface area contributed by atoms with Gasteiger partial charge in [-0.15, -0.1) is 0 Å². The number of pyridine rings is 1. The second-order valence-electron chi connectivity index (χ2n) is 6.26. The Bertz CT molecular complexity index is 688. The summed E-state index contributed by atoms with van der Waals surface area (Å²) in [6, 6.07) is 2.35. The van der Waals surface area contributed by atoms with Gasteiger partial charge < -0.3 is 4.90 Å². The van der Waals surface area contributed by atoms with Crippen molar-refractivity contribution in [2.24, 2.45) is 0 Å². The number of hydrogen-bond acceptors (Lipinski definition) is 4. The van der Waals surface area contributed by atoms with Gasteiger partial charge in [0.15, 0.2) is 0 Å². The van der Waals surface area contributed by atoms with E-state index in [9.17, 15) is 21.6 Å². The molecule has 6 nitrogen and oxygen atoms in total. The van der Waals surface area contributed by atoms with Crippen LogP contribution in [0.25, 0.3) is 0 Å². The first-order chi connectivity index (χ1) is 11.8. The SMILES string of the molecule is O=S(=O)(N1CCCC1)N1CCCN(c2ccc(C(F)(F)F)cn2)CC1. The van der Waals surface area contributed by atoms with Crippen LogP contribution in [0, 0.1) is 0 Å². The highest BCUT2D eigenvalue weighted by Crippen LogP contribution is 2.29. The number of hydrogen-bond donors (Lipinski definition) is 0. The third-order valence-corrected chi connectivity index (χ3v) is 6.61. The fourth-order valence-corrected chi connectivity index (χ4v) is 4.89. The molecule has 3 rings (SSSR count). The summed E-state index contributed by atoms with van der Waals surface area (Å²) < 4.78 is 66.1. The number of aromatic nitrogens is 1. The van der Waals surface area contributed by atoms with Crippen molar-refractivity contribution in [1.29, 1.82) is 0 Å². The monoisotopic (exact) mass is 378 g/mol. The van der Waals surface area contributed by atoms with Crippen LogP contribution in [0.15, 0.2) is 18.3 Å². The second-order valence-corrected chi connectivity index (χ2v) is 8.18. The standard InChI is InChI=1S/C15H21F3N4O2S/c16-15(17,18)13-4-5-14(19-12-13)20-6-3-9-22(11-10-20)25(23,24)21-7-1-2-8-21/h4-5,12H,1-3,6-11H2.